The first-order valence-corrected chi connectivity index (χ1v) is 6.17. The fourth-order valence-corrected chi connectivity index (χ4v) is 2.27. The molecule has 4 heteroatoms. The van der Waals surface area contributed by atoms with Crippen molar-refractivity contribution in [1.29, 1.82) is 0 Å². The number of likely N-dealkylation sites (tertiary alicyclic amines) is 1. The summed E-state index contributed by atoms with van der Waals surface area (Å²) in [5.74, 6) is 0.394. The van der Waals surface area contributed by atoms with E-state index in [1.807, 2.05) is 0 Å². The van der Waals surface area contributed by atoms with Crippen molar-refractivity contribution in [1.82, 2.24) is 9.88 Å². The highest BCUT2D eigenvalue weighted by Crippen LogP contribution is 2.19. The summed E-state index contributed by atoms with van der Waals surface area (Å²) in [6, 6.07) is 2.89. The van der Waals surface area contributed by atoms with E-state index in [-0.39, 0.29) is 5.82 Å². The summed E-state index contributed by atoms with van der Waals surface area (Å²) in [5.41, 5.74) is 0.554. The number of aliphatic hydroxyl groups excluding tert-OH is 1. The molecule has 17 heavy (non-hydrogen) atoms. The van der Waals surface area contributed by atoms with E-state index >= 15 is 0 Å². The number of halogens is 1. The maximum atomic E-state index is 12.7. The van der Waals surface area contributed by atoms with Gasteiger partial charge in [0.2, 0.25) is 0 Å². The zero-order valence-electron chi connectivity index (χ0n) is 10.1. The molecule has 0 saturated carbocycles. The van der Waals surface area contributed by atoms with Crippen LogP contribution < -0.4 is 0 Å². The first-order chi connectivity index (χ1) is 8.15. The van der Waals surface area contributed by atoms with Crippen molar-refractivity contribution < 1.29 is 9.50 Å². The second-order valence-corrected chi connectivity index (χ2v) is 4.90. The van der Waals surface area contributed by atoms with Gasteiger partial charge in [-0.1, -0.05) is 6.92 Å². The van der Waals surface area contributed by atoms with Crippen molar-refractivity contribution in [2.45, 2.75) is 25.9 Å². The van der Waals surface area contributed by atoms with Gasteiger partial charge in [-0.3, -0.25) is 4.98 Å². The summed E-state index contributed by atoms with van der Waals surface area (Å²) >= 11 is 0. The van der Waals surface area contributed by atoms with Gasteiger partial charge in [-0.15, -0.1) is 0 Å². The molecule has 2 rings (SSSR count). The van der Waals surface area contributed by atoms with Gasteiger partial charge in [0, 0.05) is 13.1 Å². The number of hydrogen-bond acceptors (Lipinski definition) is 3. The standard InChI is InChI=1S/C13H19FN2O/c1-10-4-6-16(9-10)7-5-13(17)12-3-2-11(14)8-15-12/h2-3,8,10,13,17H,4-7,9H2,1H3. The van der Waals surface area contributed by atoms with E-state index in [4.69, 9.17) is 0 Å². The largest absolute Gasteiger partial charge is 0.387 e. The number of aromatic nitrogens is 1. The van der Waals surface area contributed by atoms with E-state index in [2.05, 4.69) is 16.8 Å². The first kappa shape index (κ1) is 12.5. The van der Waals surface area contributed by atoms with Crippen molar-refractivity contribution in [2.75, 3.05) is 19.6 Å². The van der Waals surface area contributed by atoms with Gasteiger partial charge in [0.05, 0.1) is 18.0 Å². The lowest BCUT2D eigenvalue weighted by Gasteiger charge is -2.17. The van der Waals surface area contributed by atoms with Crippen LogP contribution in [0.15, 0.2) is 18.3 Å². The molecule has 0 spiro atoms. The van der Waals surface area contributed by atoms with Crippen molar-refractivity contribution in [3.05, 3.63) is 29.8 Å². The maximum Gasteiger partial charge on any atom is 0.141 e. The highest BCUT2D eigenvalue weighted by molar-refractivity contribution is 5.07. The highest BCUT2D eigenvalue weighted by atomic mass is 19.1. The fraction of sp³-hybridized carbons (Fsp3) is 0.615. The van der Waals surface area contributed by atoms with Crippen LogP contribution in [0.4, 0.5) is 4.39 Å². The van der Waals surface area contributed by atoms with Crippen molar-refractivity contribution in [3.63, 3.8) is 0 Å². The Balaban J connectivity index is 1.81. The van der Waals surface area contributed by atoms with Crippen LogP contribution in [0.3, 0.4) is 0 Å². The molecule has 2 unspecified atom stereocenters. The molecule has 0 bridgehead atoms. The number of hydrogen-bond donors (Lipinski definition) is 1. The Morgan fingerprint density at radius 3 is 3.00 bits per heavy atom. The van der Waals surface area contributed by atoms with Gasteiger partial charge < -0.3 is 10.0 Å². The third kappa shape index (κ3) is 3.48. The lowest BCUT2D eigenvalue weighted by Crippen LogP contribution is -2.23. The Hall–Kier alpha value is -1.00. The van der Waals surface area contributed by atoms with Crippen LogP contribution in [-0.2, 0) is 0 Å². The molecule has 0 radical (unpaired) electrons. The van der Waals surface area contributed by atoms with Crippen LogP contribution in [0, 0.1) is 11.7 Å². The average molecular weight is 238 g/mol. The molecule has 2 atom stereocenters. The molecule has 2 heterocycles. The summed E-state index contributed by atoms with van der Waals surface area (Å²) in [5, 5.41) is 9.93. The van der Waals surface area contributed by atoms with E-state index in [0.29, 0.717) is 12.1 Å². The van der Waals surface area contributed by atoms with Crippen LogP contribution in [-0.4, -0.2) is 34.6 Å². The second kappa shape index (κ2) is 5.56. The minimum absolute atomic E-state index is 0.366. The van der Waals surface area contributed by atoms with Gasteiger partial charge in [0.15, 0.2) is 0 Å². The third-order valence-electron chi connectivity index (χ3n) is 3.32. The SMILES string of the molecule is CC1CCN(CCC(O)c2ccc(F)cn2)C1. The number of pyridine rings is 1. The normalized spacial score (nSPS) is 22.9. The van der Waals surface area contributed by atoms with Gasteiger partial charge in [-0.25, -0.2) is 4.39 Å². The molecule has 1 saturated heterocycles. The molecule has 1 fully saturated rings. The van der Waals surface area contributed by atoms with Gasteiger partial charge in [-0.05, 0) is 37.4 Å². The van der Waals surface area contributed by atoms with E-state index in [0.717, 1.165) is 31.7 Å². The van der Waals surface area contributed by atoms with Crippen LogP contribution in [0.25, 0.3) is 0 Å². The molecular formula is C13H19FN2O. The van der Waals surface area contributed by atoms with E-state index in [9.17, 15) is 9.50 Å². The number of aliphatic hydroxyl groups is 1. The number of rotatable bonds is 4. The Kier molecular flexibility index (Phi) is 4.07. The van der Waals surface area contributed by atoms with Crippen molar-refractivity contribution in [3.8, 4) is 0 Å². The molecular weight excluding hydrogens is 219 g/mol. The van der Waals surface area contributed by atoms with Crippen LogP contribution >= 0.6 is 0 Å². The minimum Gasteiger partial charge on any atom is -0.387 e. The number of nitrogens with zero attached hydrogens (tertiary/aromatic N) is 2. The topological polar surface area (TPSA) is 36.4 Å². The predicted octanol–water partition coefficient (Wildman–Crippen LogP) is 1.99. The van der Waals surface area contributed by atoms with E-state index < -0.39 is 6.10 Å². The lowest BCUT2D eigenvalue weighted by atomic mass is 10.1. The molecule has 3 nitrogen and oxygen atoms in total. The first-order valence-electron chi connectivity index (χ1n) is 6.17. The minimum atomic E-state index is -0.591. The summed E-state index contributed by atoms with van der Waals surface area (Å²) < 4.78 is 12.7. The Morgan fingerprint density at radius 2 is 2.41 bits per heavy atom. The second-order valence-electron chi connectivity index (χ2n) is 4.90. The summed E-state index contributed by atoms with van der Waals surface area (Å²) in [6.07, 6.45) is 2.46. The molecule has 1 N–H and O–H groups in total. The predicted molar refractivity (Wildman–Crippen MR) is 64.0 cm³/mol. The molecule has 1 aliphatic heterocycles. The third-order valence-corrected chi connectivity index (χ3v) is 3.32. The maximum absolute atomic E-state index is 12.7. The van der Waals surface area contributed by atoms with Crippen molar-refractivity contribution in [2.24, 2.45) is 5.92 Å². The Labute approximate surface area is 101 Å². The Bertz CT molecular complexity index is 355. The molecule has 1 aromatic rings. The van der Waals surface area contributed by atoms with Gasteiger partial charge in [-0.2, -0.15) is 0 Å². The molecule has 94 valence electrons. The van der Waals surface area contributed by atoms with Crippen LogP contribution in [0.5, 0.6) is 0 Å². The fourth-order valence-electron chi connectivity index (χ4n) is 2.27. The van der Waals surface area contributed by atoms with E-state index in [1.165, 1.54) is 12.5 Å². The molecule has 1 aliphatic rings. The Morgan fingerprint density at radius 1 is 1.59 bits per heavy atom. The van der Waals surface area contributed by atoms with Gasteiger partial charge in [0.1, 0.15) is 5.82 Å². The smallest absolute Gasteiger partial charge is 0.141 e. The quantitative estimate of drug-likeness (QED) is 0.871. The zero-order valence-corrected chi connectivity index (χ0v) is 10.1. The summed E-state index contributed by atoms with van der Waals surface area (Å²) in [7, 11) is 0. The van der Waals surface area contributed by atoms with Gasteiger partial charge in [0.25, 0.3) is 0 Å². The lowest BCUT2D eigenvalue weighted by molar-refractivity contribution is 0.144. The molecule has 0 aliphatic carbocycles. The van der Waals surface area contributed by atoms with Crippen molar-refractivity contribution >= 4 is 0 Å². The van der Waals surface area contributed by atoms with Crippen LogP contribution in [0.2, 0.25) is 0 Å². The summed E-state index contributed by atoms with van der Waals surface area (Å²) in [6.45, 7) is 5.36. The molecule has 1 aromatic heterocycles. The average Bonchev–Trinajstić information content (AvgIpc) is 2.73. The van der Waals surface area contributed by atoms with Gasteiger partial charge >= 0.3 is 0 Å². The zero-order chi connectivity index (χ0) is 12.3. The van der Waals surface area contributed by atoms with E-state index in [1.54, 1.807) is 6.07 Å². The molecule has 0 amide bonds. The molecule has 0 aromatic carbocycles. The highest BCUT2D eigenvalue weighted by Gasteiger charge is 2.19. The van der Waals surface area contributed by atoms with Crippen LogP contribution in [0.1, 0.15) is 31.6 Å². The monoisotopic (exact) mass is 238 g/mol. The summed E-state index contributed by atoms with van der Waals surface area (Å²) in [4.78, 5) is 6.25.